The standard InChI is InChI=1S/C13H18Cl2N4/c14-11-8-10(12(15)18-17-11)19-7-6-16-9-13(19)4-2-1-3-5-13/h8,16H,1-7,9H2. The molecular formula is C13H18Cl2N4. The van der Waals surface area contributed by atoms with Crippen LogP contribution in [0.5, 0.6) is 0 Å². The van der Waals surface area contributed by atoms with E-state index in [9.17, 15) is 0 Å². The van der Waals surface area contributed by atoms with E-state index in [4.69, 9.17) is 23.2 Å². The second-order valence-electron chi connectivity index (χ2n) is 5.46. The van der Waals surface area contributed by atoms with E-state index in [0.717, 1.165) is 25.3 Å². The molecule has 1 saturated heterocycles. The lowest BCUT2D eigenvalue weighted by Gasteiger charge is -2.51. The Bertz CT molecular complexity index is 452. The Morgan fingerprint density at radius 1 is 1.16 bits per heavy atom. The lowest BCUT2D eigenvalue weighted by molar-refractivity contribution is 0.241. The fraction of sp³-hybridized carbons (Fsp3) is 0.692. The Balaban J connectivity index is 1.97. The highest BCUT2D eigenvalue weighted by Crippen LogP contribution is 2.39. The molecule has 2 fully saturated rings. The first kappa shape index (κ1) is 13.4. The molecule has 19 heavy (non-hydrogen) atoms. The molecule has 0 aromatic carbocycles. The topological polar surface area (TPSA) is 41.0 Å². The highest BCUT2D eigenvalue weighted by Gasteiger charge is 2.40. The van der Waals surface area contributed by atoms with Crippen molar-refractivity contribution >= 4 is 28.9 Å². The van der Waals surface area contributed by atoms with Crippen LogP contribution >= 0.6 is 23.2 Å². The van der Waals surface area contributed by atoms with Crippen molar-refractivity contribution in [3.63, 3.8) is 0 Å². The van der Waals surface area contributed by atoms with E-state index in [-0.39, 0.29) is 5.54 Å². The van der Waals surface area contributed by atoms with Crippen molar-refractivity contribution in [2.45, 2.75) is 37.6 Å². The first-order valence-corrected chi connectivity index (χ1v) is 7.64. The fourth-order valence-corrected chi connectivity index (χ4v) is 3.75. The molecule has 1 spiro atoms. The maximum Gasteiger partial charge on any atom is 0.175 e. The Morgan fingerprint density at radius 3 is 2.74 bits per heavy atom. The van der Waals surface area contributed by atoms with Crippen molar-refractivity contribution in [1.29, 1.82) is 0 Å². The van der Waals surface area contributed by atoms with Gasteiger partial charge in [-0.25, -0.2) is 0 Å². The molecule has 0 amide bonds. The van der Waals surface area contributed by atoms with Crippen LogP contribution in [0.1, 0.15) is 32.1 Å². The first-order chi connectivity index (χ1) is 9.21. The monoisotopic (exact) mass is 300 g/mol. The molecule has 1 saturated carbocycles. The summed E-state index contributed by atoms with van der Waals surface area (Å²) >= 11 is 12.2. The highest BCUT2D eigenvalue weighted by molar-refractivity contribution is 6.33. The van der Waals surface area contributed by atoms with Crippen LogP contribution in [0.3, 0.4) is 0 Å². The van der Waals surface area contributed by atoms with E-state index < -0.39 is 0 Å². The van der Waals surface area contributed by atoms with Crippen molar-refractivity contribution in [1.82, 2.24) is 15.5 Å². The zero-order chi connectivity index (χ0) is 13.3. The second-order valence-corrected chi connectivity index (χ2v) is 6.20. The molecule has 0 unspecified atom stereocenters. The number of halogens is 2. The van der Waals surface area contributed by atoms with E-state index in [1.54, 1.807) is 0 Å². The summed E-state index contributed by atoms with van der Waals surface area (Å²) in [5, 5.41) is 12.1. The molecule has 1 aliphatic heterocycles. The minimum atomic E-state index is 0.173. The second kappa shape index (κ2) is 5.43. The maximum absolute atomic E-state index is 6.24. The SMILES string of the molecule is Clc1cc(N2CCNCC23CCCCC3)c(Cl)nn1. The van der Waals surface area contributed by atoms with Gasteiger partial charge < -0.3 is 10.2 Å². The van der Waals surface area contributed by atoms with Gasteiger partial charge in [-0.1, -0.05) is 42.5 Å². The molecule has 1 aliphatic carbocycles. The summed E-state index contributed by atoms with van der Waals surface area (Å²) in [4.78, 5) is 2.41. The lowest BCUT2D eigenvalue weighted by atomic mass is 9.79. The Hall–Kier alpha value is -0.580. The number of anilines is 1. The van der Waals surface area contributed by atoms with Crippen LogP contribution in [-0.4, -0.2) is 35.4 Å². The maximum atomic E-state index is 6.24. The lowest BCUT2D eigenvalue weighted by Crippen LogP contribution is -2.62. The van der Waals surface area contributed by atoms with E-state index in [1.807, 2.05) is 6.07 Å². The summed E-state index contributed by atoms with van der Waals surface area (Å²) in [6, 6.07) is 1.85. The minimum absolute atomic E-state index is 0.173. The molecule has 1 aromatic rings. The molecule has 2 aliphatic rings. The van der Waals surface area contributed by atoms with Crippen molar-refractivity contribution in [2.75, 3.05) is 24.5 Å². The predicted molar refractivity (Wildman–Crippen MR) is 78.1 cm³/mol. The Morgan fingerprint density at radius 2 is 1.95 bits per heavy atom. The average Bonchev–Trinajstić information content (AvgIpc) is 2.43. The largest absolute Gasteiger partial charge is 0.361 e. The third-order valence-corrected chi connectivity index (χ3v) is 4.77. The van der Waals surface area contributed by atoms with E-state index in [2.05, 4.69) is 20.4 Å². The number of hydrogen-bond donors (Lipinski definition) is 1. The summed E-state index contributed by atoms with van der Waals surface area (Å²) in [5.74, 6) is 0. The summed E-state index contributed by atoms with van der Waals surface area (Å²) in [7, 11) is 0. The number of piperazine rings is 1. The molecule has 3 rings (SSSR count). The van der Waals surface area contributed by atoms with Crippen LogP contribution in [0.2, 0.25) is 10.3 Å². The highest BCUT2D eigenvalue weighted by atomic mass is 35.5. The zero-order valence-corrected chi connectivity index (χ0v) is 12.3. The van der Waals surface area contributed by atoms with Crippen LogP contribution in [0.25, 0.3) is 0 Å². The van der Waals surface area contributed by atoms with Crippen LogP contribution < -0.4 is 10.2 Å². The van der Waals surface area contributed by atoms with Gasteiger partial charge in [0, 0.05) is 25.7 Å². The summed E-state index contributed by atoms with van der Waals surface area (Å²) in [6.45, 7) is 2.93. The van der Waals surface area contributed by atoms with E-state index in [0.29, 0.717) is 10.3 Å². The van der Waals surface area contributed by atoms with Gasteiger partial charge in [0.2, 0.25) is 0 Å². The first-order valence-electron chi connectivity index (χ1n) is 6.88. The average molecular weight is 301 g/mol. The van der Waals surface area contributed by atoms with E-state index >= 15 is 0 Å². The van der Waals surface area contributed by atoms with Gasteiger partial charge in [0.25, 0.3) is 0 Å². The molecule has 0 radical (unpaired) electrons. The number of rotatable bonds is 1. The van der Waals surface area contributed by atoms with Gasteiger partial charge in [-0.2, -0.15) is 0 Å². The molecule has 1 aromatic heterocycles. The summed E-state index contributed by atoms with van der Waals surface area (Å²) in [6.07, 6.45) is 6.30. The number of aromatic nitrogens is 2. The normalized spacial score (nSPS) is 22.7. The van der Waals surface area contributed by atoms with Crippen molar-refractivity contribution in [3.05, 3.63) is 16.4 Å². The number of nitrogens with one attached hydrogen (secondary N) is 1. The molecular weight excluding hydrogens is 283 g/mol. The molecule has 6 heteroatoms. The molecule has 0 bridgehead atoms. The minimum Gasteiger partial charge on any atom is -0.361 e. The third kappa shape index (κ3) is 2.54. The third-order valence-electron chi connectivity index (χ3n) is 4.31. The molecule has 0 atom stereocenters. The van der Waals surface area contributed by atoms with Gasteiger partial charge in [-0.15, -0.1) is 10.2 Å². The van der Waals surface area contributed by atoms with Gasteiger partial charge in [0.15, 0.2) is 10.3 Å². The van der Waals surface area contributed by atoms with Crippen molar-refractivity contribution < 1.29 is 0 Å². The fourth-order valence-electron chi connectivity index (χ4n) is 3.41. The van der Waals surface area contributed by atoms with Gasteiger partial charge >= 0.3 is 0 Å². The van der Waals surface area contributed by atoms with Gasteiger partial charge in [-0.05, 0) is 12.8 Å². The van der Waals surface area contributed by atoms with Gasteiger partial charge in [0.1, 0.15) is 0 Å². The molecule has 4 nitrogen and oxygen atoms in total. The summed E-state index contributed by atoms with van der Waals surface area (Å²) in [5.41, 5.74) is 1.11. The molecule has 1 N–H and O–H groups in total. The van der Waals surface area contributed by atoms with Crippen LogP contribution in [0, 0.1) is 0 Å². The van der Waals surface area contributed by atoms with Crippen LogP contribution in [0.4, 0.5) is 5.69 Å². The number of nitrogens with zero attached hydrogens (tertiary/aromatic N) is 3. The Kier molecular flexibility index (Phi) is 3.83. The van der Waals surface area contributed by atoms with Crippen molar-refractivity contribution in [2.24, 2.45) is 0 Å². The van der Waals surface area contributed by atoms with E-state index in [1.165, 1.54) is 32.1 Å². The number of hydrogen-bond acceptors (Lipinski definition) is 4. The summed E-state index contributed by atoms with van der Waals surface area (Å²) < 4.78 is 0. The molecule has 104 valence electrons. The van der Waals surface area contributed by atoms with Crippen molar-refractivity contribution in [3.8, 4) is 0 Å². The zero-order valence-electron chi connectivity index (χ0n) is 10.8. The van der Waals surface area contributed by atoms with Gasteiger partial charge in [-0.3, -0.25) is 0 Å². The van der Waals surface area contributed by atoms with Gasteiger partial charge in [0.05, 0.1) is 11.2 Å². The molecule has 2 heterocycles. The smallest absolute Gasteiger partial charge is 0.175 e. The Labute approximate surface area is 123 Å². The predicted octanol–water partition coefficient (Wildman–Crippen LogP) is 2.90. The quantitative estimate of drug-likeness (QED) is 0.866. The van der Waals surface area contributed by atoms with Crippen LogP contribution in [-0.2, 0) is 0 Å². The van der Waals surface area contributed by atoms with Crippen LogP contribution in [0.15, 0.2) is 6.07 Å².